The highest BCUT2D eigenvalue weighted by Crippen LogP contribution is 2.30. The molecule has 2 aliphatic rings. The lowest BCUT2D eigenvalue weighted by molar-refractivity contribution is 0.0392. The summed E-state index contributed by atoms with van der Waals surface area (Å²) in [6, 6.07) is 4.13. The van der Waals surface area contributed by atoms with Crippen LogP contribution in [-0.4, -0.2) is 48.6 Å². The van der Waals surface area contributed by atoms with Crippen molar-refractivity contribution in [3.63, 3.8) is 0 Å². The van der Waals surface area contributed by atoms with E-state index in [-0.39, 0.29) is 6.10 Å². The molecule has 0 spiro atoms. The van der Waals surface area contributed by atoms with E-state index >= 15 is 0 Å². The molecular weight excluding hydrogens is 318 g/mol. The number of hydrogen-bond acceptors (Lipinski definition) is 6. The Morgan fingerprint density at radius 2 is 2.16 bits per heavy atom. The molecule has 0 aromatic carbocycles. The van der Waals surface area contributed by atoms with Crippen molar-refractivity contribution in [2.75, 3.05) is 18.1 Å². The quantitative estimate of drug-likeness (QED) is 0.716. The third-order valence-corrected chi connectivity index (χ3v) is 4.91. The van der Waals surface area contributed by atoms with Gasteiger partial charge in [0.15, 0.2) is 0 Å². The van der Waals surface area contributed by atoms with Gasteiger partial charge in [0.25, 0.3) is 5.78 Å². The number of aromatic nitrogens is 6. The molecule has 8 nitrogen and oxygen atoms in total. The fraction of sp³-hybridized carbons (Fsp3) is 0.529. The number of aryl methyl sites for hydroxylation is 1. The summed E-state index contributed by atoms with van der Waals surface area (Å²) in [5.74, 6) is 2.37. The van der Waals surface area contributed by atoms with Gasteiger partial charge in [0, 0.05) is 31.1 Å². The second kappa shape index (κ2) is 5.80. The Morgan fingerprint density at radius 3 is 3.04 bits per heavy atom. The maximum Gasteiger partial charge on any atom is 0.254 e. The Morgan fingerprint density at radius 1 is 1.24 bits per heavy atom. The van der Waals surface area contributed by atoms with Crippen LogP contribution in [0.1, 0.15) is 24.2 Å². The smallest absolute Gasteiger partial charge is 0.254 e. The number of hydrogen-bond donors (Lipinski definition) is 0. The first kappa shape index (κ1) is 14.8. The number of rotatable bonds is 4. The molecular formula is C17H21N7O. The van der Waals surface area contributed by atoms with Crippen molar-refractivity contribution >= 4 is 11.6 Å². The molecule has 3 aromatic rings. The largest absolute Gasteiger partial charge is 0.374 e. The second-order valence-electron chi connectivity index (χ2n) is 7.01. The average molecular weight is 339 g/mol. The summed E-state index contributed by atoms with van der Waals surface area (Å²) in [5, 5.41) is 8.83. The Labute approximate surface area is 145 Å². The van der Waals surface area contributed by atoms with Gasteiger partial charge in [0.05, 0.1) is 24.9 Å². The molecule has 0 unspecified atom stereocenters. The van der Waals surface area contributed by atoms with Crippen molar-refractivity contribution in [1.82, 2.24) is 29.4 Å². The van der Waals surface area contributed by atoms with E-state index in [9.17, 15) is 0 Å². The summed E-state index contributed by atoms with van der Waals surface area (Å²) in [6.07, 6.45) is 6.11. The SMILES string of the molecule is Cc1cc(N2Cc3ccnn3C[C@H](OCC3CC3)C2)n2ncnc2n1. The maximum atomic E-state index is 6.23. The van der Waals surface area contributed by atoms with Crippen LogP contribution >= 0.6 is 0 Å². The topological polar surface area (TPSA) is 73.4 Å². The van der Waals surface area contributed by atoms with E-state index in [1.807, 2.05) is 13.1 Å². The number of fused-ring (bicyclic) bond motifs is 2. The van der Waals surface area contributed by atoms with Crippen LogP contribution < -0.4 is 4.90 Å². The van der Waals surface area contributed by atoms with E-state index in [2.05, 4.69) is 41.9 Å². The summed E-state index contributed by atoms with van der Waals surface area (Å²) in [4.78, 5) is 11.0. The normalized spacial score (nSPS) is 20.7. The van der Waals surface area contributed by atoms with Crippen LogP contribution in [0.3, 0.4) is 0 Å². The molecule has 8 heteroatoms. The Bertz CT molecular complexity index is 897. The zero-order valence-corrected chi connectivity index (χ0v) is 14.2. The van der Waals surface area contributed by atoms with Gasteiger partial charge >= 0.3 is 0 Å². The van der Waals surface area contributed by atoms with Gasteiger partial charge in [-0.15, -0.1) is 0 Å². The summed E-state index contributed by atoms with van der Waals surface area (Å²) in [6.45, 7) is 5.19. The lowest BCUT2D eigenvalue weighted by Gasteiger charge is -2.26. The fourth-order valence-corrected chi connectivity index (χ4v) is 3.39. The minimum Gasteiger partial charge on any atom is -0.374 e. The summed E-state index contributed by atoms with van der Waals surface area (Å²) < 4.78 is 10.1. The first-order valence-electron chi connectivity index (χ1n) is 8.81. The van der Waals surface area contributed by atoms with Crippen LogP contribution in [0, 0.1) is 12.8 Å². The molecule has 0 radical (unpaired) electrons. The number of anilines is 1. The molecule has 5 rings (SSSR count). The Hall–Kier alpha value is -2.48. The molecule has 0 amide bonds. The van der Waals surface area contributed by atoms with Gasteiger partial charge in [-0.2, -0.15) is 19.7 Å². The Kier molecular flexibility index (Phi) is 3.44. The monoisotopic (exact) mass is 339 g/mol. The van der Waals surface area contributed by atoms with Gasteiger partial charge in [-0.1, -0.05) is 0 Å². The van der Waals surface area contributed by atoms with Crippen molar-refractivity contribution in [1.29, 1.82) is 0 Å². The van der Waals surface area contributed by atoms with Gasteiger partial charge in [0.2, 0.25) is 0 Å². The Balaban J connectivity index is 1.50. The molecule has 1 aliphatic heterocycles. The molecule has 3 aromatic heterocycles. The predicted molar refractivity (Wildman–Crippen MR) is 91.3 cm³/mol. The average Bonchev–Trinajstić information content (AvgIpc) is 3.20. The van der Waals surface area contributed by atoms with E-state index < -0.39 is 0 Å². The summed E-state index contributed by atoms with van der Waals surface area (Å²) >= 11 is 0. The van der Waals surface area contributed by atoms with Gasteiger partial charge in [0.1, 0.15) is 12.1 Å². The molecule has 0 N–H and O–H groups in total. The molecule has 25 heavy (non-hydrogen) atoms. The first-order valence-corrected chi connectivity index (χ1v) is 8.81. The van der Waals surface area contributed by atoms with Crippen LogP contribution in [0.5, 0.6) is 0 Å². The third-order valence-electron chi connectivity index (χ3n) is 4.91. The van der Waals surface area contributed by atoms with E-state index in [0.29, 0.717) is 5.78 Å². The van der Waals surface area contributed by atoms with Crippen molar-refractivity contribution in [3.05, 3.63) is 36.0 Å². The van der Waals surface area contributed by atoms with Crippen molar-refractivity contribution in [3.8, 4) is 0 Å². The zero-order valence-electron chi connectivity index (χ0n) is 14.2. The maximum absolute atomic E-state index is 6.23. The fourth-order valence-electron chi connectivity index (χ4n) is 3.39. The lowest BCUT2D eigenvalue weighted by atomic mass is 10.3. The van der Waals surface area contributed by atoms with Crippen LogP contribution in [-0.2, 0) is 17.8 Å². The lowest BCUT2D eigenvalue weighted by Crippen LogP contribution is -2.34. The minimum atomic E-state index is 0.105. The third kappa shape index (κ3) is 2.86. The van der Waals surface area contributed by atoms with E-state index in [1.54, 1.807) is 10.8 Å². The van der Waals surface area contributed by atoms with Gasteiger partial charge in [-0.05, 0) is 31.7 Å². The number of nitrogens with zero attached hydrogens (tertiary/aromatic N) is 7. The van der Waals surface area contributed by atoms with Gasteiger partial charge in [-0.25, -0.2) is 4.98 Å². The minimum absolute atomic E-state index is 0.105. The van der Waals surface area contributed by atoms with E-state index in [4.69, 9.17) is 4.74 Å². The molecule has 0 saturated heterocycles. The van der Waals surface area contributed by atoms with E-state index in [1.165, 1.54) is 18.5 Å². The molecule has 4 heterocycles. The van der Waals surface area contributed by atoms with Crippen LogP contribution in [0.4, 0.5) is 5.82 Å². The molecule has 1 atom stereocenters. The predicted octanol–water partition coefficient (Wildman–Crippen LogP) is 1.44. The molecule has 1 fully saturated rings. The van der Waals surface area contributed by atoms with Crippen molar-refractivity contribution in [2.24, 2.45) is 5.92 Å². The van der Waals surface area contributed by atoms with Crippen molar-refractivity contribution < 1.29 is 4.74 Å². The van der Waals surface area contributed by atoms with Crippen LogP contribution in [0.15, 0.2) is 24.7 Å². The molecule has 1 aliphatic carbocycles. The van der Waals surface area contributed by atoms with E-state index in [0.717, 1.165) is 43.7 Å². The standard InChI is InChI=1S/C17H21N7O/c1-12-6-16(24-17(21-12)18-11-20-24)22-7-14-4-5-19-23(14)9-15(8-22)25-10-13-2-3-13/h4-6,11,13,15H,2-3,7-10H2,1H3/t15-/m1/s1. The highest BCUT2D eigenvalue weighted by Gasteiger charge is 2.28. The van der Waals surface area contributed by atoms with Crippen LogP contribution in [0.2, 0.25) is 0 Å². The molecule has 1 saturated carbocycles. The van der Waals surface area contributed by atoms with Gasteiger partial charge < -0.3 is 9.64 Å². The number of ether oxygens (including phenoxy) is 1. The van der Waals surface area contributed by atoms with Crippen LogP contribution in [0.25, 0.3) is 5.78 Å². The summed E-state index contributed by atoms with van der Waals surface area (Å²) in [5.41, 5.74) is 2.11. The first-order chi connectivity index (χ1) is 12.3. The zero-order chi connectivity index (χ0) is 16.8. The molecule has 0 bridgehead atoms. The van der Waals surface area contributed by atoms with Gasteiger partial charge in [-0.3, -0.25) is 4.68 Å². The second-order valence-corrected chi connectivity index (χ2v) is 7.01. The highest BCUT2D eigenvalue weighted by atomic mass is 16.5. The summed E-state index contributed by atoms with van der Waals surface area (Å²) in [7, 11) is 0. The van der Waals surface area contributed by atoms with Crippen molar-refractivity contribution in [2.45, 2.75) is 39.0 Å². The molecule has 130 valence electrons. The highest BCUT2D eigenvalue weighted by molar-refractivity contribution is 5.47.